The van der Waals surface area contributed by atoms with Crippen LogP contribution in [0.15, 0.2) is 30.3 Å². The van der Waals surface area contributed by atoms with Gasteiger partial charge in [0.1, 0.15) is 6.04 Å². The second-order valence-electron chi connectivity index (χ2n) is 4.01. The first-order chi connectivity index (χ1) is 8.52. The molecule has 0 aromatic heterocycles. The fourth-order valence-electron chi connectivity index (χ4n) is 1.59. The van der Waals surface area contributed by atoms with Crippen LogP contribution < -0.4 is 5.32 Å². The van der Waals surface area contributed by atoms with Crippen molar-refractivity contribution in [3.63, 3.8) is 0 Å². The van der Waals surface area contributed by atoms with E-state index in [2.05, 4.69) is 5.32 Å². The fraction of sp³-hybridized carbons (Fsp3) is 0.417. The summed E-state index contributed by atoms with van der Waals surface area (Å²) in [5.41, 5.74) is 0.632. The zero-order valence-corrected chi connectivity index (χ0v) is 10.1. The minimum Gasteiger partial charge on any atom is -0.480 e. The van der Waals surface area contributed by atoms with Gasteiger partial charge < -0.3 is 10.4 Å². The third kappa shape index (κ3) is 4.14. The van der Waals surface area contributed by atoms with Gasteiger partial charge in [-0.15, -0.1) is 0 Å². The second kappa shape index (κ2) is 6.70. The summed E-state index contributed by atoms with van der Waals surface area (Å²) in [7, 11) is 0. The molecule has 0 heterocycles. The number of rotatable bonds is 7. The number of nitrogens with one attached hydrogen (secondary N) is 1. The lowest BCUT2D eigenvalue weighted by molar-refractivity contribution is -0.529. The highest BCUT2D eigenvalue weighted by Crippen LogP contribution is 2.19. The average molecular weight is 252 g/mol. The number of carboxylic acids is 1. The van der Waals surface area contributed by atoms with E-state index < -0.39 is 18.1 Å². The summed E-state index contributed by atoms with van der Waals surface area (Å²) >= 11 is 0. The topological polar surface area (TPSA) is 92.5 Å². The summed E-state index contributed by atoms with van der Waals surface area (Å²) in [4.78, 5) is 21.2. The first kappa shape index (κ1) is 14.1. The van der Waals surface area contributed by atoms with Crippen molar-refractivity contribution in [1.29, 1.82) is 0 Å². The van der Waals surface area contributed by atoms with Crippen molar-refractivity contribution in [3.8, 4) is 0 Å². The van der Waals surface area contributed by atoms with Gasteiger partial charge in [0.15, 0.2) is 0 Å². The number of aliphatic carboxylic acids is 1. The molecule has 0 aliphatic heterocycles. The Bertz CT molecular complexity index is 408. The lowest BCUT2D eigenvalue weighted by atomic mass is 10.0. The molecule has 0 aliphatic rings. The van der Waals surface area contributed by atoms with Crippen LogP contribution in [0.25, 0.3) is 0 Å². The lowest BCUT2D eigenvalue weighted by Crippen LogP contribution is -2.35. The van der Waals surface area contributed by atoms with Crippen LogP contribution in [-0.2, 0) is 4.79 Å². The highest BCUT2D eigenvalue weighted by atomic mass is 16.6. The molecule has 1 aromatic rings. The Labute approximate surface area is 105 Å². The minimum atomic E-state index is -0.965. The molecule has 18 heavy (non-hydrogen) atoms. The van der Waals surface area contributed by atoms with E-state index in [0.29, 0.717) is 5.56 Å². The van der Waals surface area contributed by atoms with Gasteiger partial charge in [0.25, 0.3) is 0 Å². The summed E-state index contributed by atoms with van der Waals surface area (Å²) in [6.45, 7) is 1.79. The van der Waals surface area contributed by atoms with Crippen LogP contribution >= 0.6 is 0 Å². The molecule has 0 bridgehead atoms. The predicted molar refractivity (Wildman–Crippen MR) is 65.9 cm³/mol. The van der Waals surface area contributed by atoms with E-state index in [4.69, 9.17) is 5.11 Å². The van der Waals surface area contributed by atoms with E-state index >= 15 is 0 Å². The molecule has 1 aromatic carbocycles. The summed E-state index contributed by atoms with van der Waals surface area (Å²) in [5.74, 6) is -0.965. The van der Waals surface area contributed by atoms with Crippen LogP contribution in [0.4, 0.5) is 0 Å². The van der Waals surface area contributed by atoms with Gasteiger partial charge in [-0.05, 0) is 6.92 Å². The molecule has 2 N–H and O–H groups in total. The average Bonchev–Trinajstić information content (AvgIpc) is 2.34. The molecular formula is C12H16N2O4. The Morgan fingerprint density at radius 3 is 2.56 bits per heavy atom. The Balaban J connectivity index is 2.55. The smallest absolute Gasteiger partial charge is 0.320 e. The van der Waals surface area contributed by atoms with Crippen molar-refractivity contribution in [2.75, 3.05) is 6.54 Å². The lowest BCUT2D eigenvalue weighted by Gasteiger charge is -2.12. The molecule has 6 heteroatoms. The molecule has 0 fully saturated rings. The minimum absolute atomic E-state index is 0.259. The highest BCUT2D eigenvalue weighted by molar-refractivity contribution is 5.72. The highest BCUT2D eigenvalue weighted by Gasteiger charge is 2.22. The zero-order chi connectivity index (χ0) is 13.5. The molecule has 98 valence electrons. The standard InChI is InChI=1S/C12H16N2O4/c1-9(12(15)16)13-8-7-11(14(17)18)10-5-3-2-4-6-10/h2-6,9,11,13H,7-8H2,1H3,(H,15,16)/t9-,11?/m0/s1. The van der Waals surface area contributed by atoms with E-state index in [-0.39, 0.29) is 17.9 Å². The van der Waals surface area contributed by atoms with Crippen molar-refractivity contribution in [3.05, 3.63) is 46.0 Å². The van der Waals surface area contributed by atoms with Gasteiger partial charge in [0, 0.05) is 23.5 Å². The number of hydrogen-bond donors (Lipinski definition) is 2. The molecule has 1 rings (SSSR count). The number of benzene rings is 1. The van der Waals surface area contributed by atoms with E-state index in [1.54, 1.807) is 30.3 Å². The largest absolute Gasteiger partial charge is 0.480 e. The van der Waals surface area contributed by atoms with Crippen LogP contribution in [0.2, 0.25) is 0 Å². The first-order valence-electron chi connectivity index (χ1n) is 5.67. The Hall–Kier alpha value is -1.95. The summed E-state index contributed by atoms with van der Waals surface area (Å²) in [5, 5.41) is 22.4. The van der Waals surface area contributed by atoms with Crippen LogP contribution in [-0.4, -0.2) is 28.6 Å². The predicted octanol–water partition coefficient (Wildman–Crippen LogP) is 1.46. The molecule has 0 spiro atoms. The molecule has 0 saturated heterocycles. The number of nitro groups is 1. The number of carbonyl (C=O) groups is 1. The van der Waals surface area contributed by atoms with Crippen LogP contribution in [0.3, 0.4) is 0 Å². The maximum absolute atomic E-state index is 11.0. The van der Waals surface area contributed by atoms with Gasteiger partial charge in [0.2, 0.25) is 6.04 Å². The van der Waals surface area contributed by atoms with Gasteiger partial charge in [-0.25, -0.2) is 0 Å². The second-order valence-corrected chi connectivity index (χ2v) is 4.01. The maximum atomic E-state index is 11.0. The monoisotopic (exact) mass is 252 g/mol. The molecule has 1 unspecified atom stereocenters. The number of nitrogens with zero attached hydrogens (tertiary/aromatic N) is 1. The van der Waals surface area contributed by atoms with Crippen LogP contribution in [0.1, 0.15) is 24.9 Å². The molecule has 2 atom stereocenters. The van der Waals surface area contributed by atoms with Crippen molar-refractivity contribution < 1.29 is 14.8 Å². The Kier molecular flexibility index (Phi) is 5.26. The molecule has 6 nitrogen and oxygen atoms in total. The Morgan fingerprint density at radius 1 is 1.44 bits per heavy atom. The fourth-order valence-corrected chi connectivity index (χ4v) is 1.59. The van der Waals surface area contributed by atoms with Gasteiger partial charge in [-0.2, -0.15) is 0 Å². The van der Waals surface area contributed by atoms with Crippen LogP contribution in [0.5, 0.6) is 0 Å². The normalized spacial score (nSPS) is 13.8. The summed E-state index contributed by atoms with van der Waals surface area (Å²) in [6, 6.07) is 7.19. The molecule has 0 aliphatic carbocycles. The van der Waals surface area contributed by atoms with Crippen molar-refractivity contribution in [2.45, 2.75) is 25.4 Å². The van der Waals surface area contributed by atoms with E-state index in [0.717, 1.165) is 0 Å². The van der Waals surface area contributed by atoms with E-state index in [9.17, 15) is 14.9 Å². The van der Waals surface area contributed by atoms with Crippen molar-refractivity contribution >= 4 is 5.97 Å². The molecular weight excluding hydrogens is 236 g/mol. The molecule has 0 radical (unpaired) electrons. The molecule has 0 amide bonds. The Morgan fingerprint density at radius 2 is 2.06 bits per heavy atom. The van der Waals surface area contributed by atoms with Gasteiger partial charge in [0.05, 0.1) is 0 Å². The number of carboxylic acid groups (broad SMARTS) is 1. The quantitative estimate of drug-likeness (QED) is 0.566. The van der Waals surface area contributed by atoms with E-state index in [1.807, 2.05) is 0 Å². The van der Waals surface area contributed by atoms with E-state index in [1.165, 1.54) is 6.92 Å². The zero-order valence-electron chi connectivity index (χ0n) is 10.1. The third-order valence-corrected chi connectivity index (χ3v) is 2.68. The van der Waals surface area contributed by atoms with Gasteiger partial charge in [-0.3, -0.25) is 14.9 Å². The number of hydrogen-bond acceptors (Lipinski definition) is 4. The SMILES string of the molecule is C[C@H](NCCC(c1ccccc1)[N+](=O)[O-])C(=O)O. The van der Waals surface area contributed by atoms with Crippen molar-refractivity contribution in [2.24, 2.45) is 0 Å². The van der Waals surface area contributed by atoms with Gasteiger partial charge >= 0.3 is 5.97 Å². The van der Waals surface area contributed by atoms with Gasteiger partial charge in [-0.1, -0.05) is 30.3 Å². The maximum Gasteiger partial charge on any atom is 0.320 e. The van der Waals surface area contributed by atoms with Crippen molar-refractivity contribution in [1.82, 2.24) is 5.32 Å². The third-order valence-electron chi connectivity index (χ3n) is 2.68. The summed E-state index contributed by atoms with van der Waals surface area (Å²) < 4.78 is 0. The first-order valence-corrected chi connectivity index (χ1v) is 5.67. The summed E-state index contributed by atoms with van der Waals surface area (Å²) in [6.07, 6.45) is 0.259. The molecule has 0 saturated carbocycles. The van der Waals surface area contributed by atoms with Crippen LogP contribution in [0, 0.1) is 10.1 Å².